The zero-order valence-electron chi connectivity index (χ0n) is 16.9. The van der Waals surface area contributed by atoms with Gasteiger partial charge < -0.3 is 14.5 Å². The molecule has 0 amide bonds. The Kier molecular flexibility index (Phi) is 4.43. The fourth-order valence-corrected chi connectivity index (χ4v) is 4.18. The number of aromatic nitrogens is 2. The Morgan fingerprint density at radius 3 is 2.50 bits per heavy atom. The van der Waals surface area contributed by atoms with Crippen molar-refractivity contribution in [2.24, 2.45) is 0 Å². The number of benzene rings is 2. The molecule has 1 aliphatic rings. The van der Waals surface area contributed by atoms with Crippen LogP contribution in [0.2, 0.25) is 0 Å². The normalized spacial score (nSPS) is 16.1. The van der Waals surface area contributed by atoms with Crippen molar-refractivity contribution in [3.05, 3.63) is 88.9 Å². The zero-order chi connectivity index (χ0) is 20.7. The van der Waals surface area contributed by atoms with E-state index in [0.29, 0.717) is 12.0 Å². The molecule has 0 bridgehead atoms. The number of aromatic amines is 1. The maximum Gasteiger partial charge on any atom is 0.259 e. The third kappa shape index (κ3) is 2.90. The lowest BCUT2D eigenvalue weighted by molar-refractivity contribution is 0.301. The van der Waals surface area contributed by atoms with E-state index in [1.54, 1.807) is 14.2 Å². The highest BCUT2D eigenvalue weighted by atomic mass is 16.5. The number of H-pyrrole nitrogens is 1. The van der Waals surface area contributed by atoms with Crippen LogP contribution in [0.15, 0.2) is 83.4 Å². The first-order valence-electron chi connectivity index (χ1n) is 9.92. The van der Waals surface area contributed by atoms with Crippen molar-refractivity contribution in [1.82, 2.24) is 9.55 Å². The Hall–Kier alpha value is -3.73. The van der Waals surface area contributed by atoms with E-state index in [2.05, 4.69) is 11.1 Å². The minimum atomic E-state index is -0.0868. The van der Waals surface area contributed by atoms with Gasteiger partial charge in [-0.05, 0) is 48.4 Å². The molecule has 0 aliphatic heterocycles. The van der Waals surface area contributed by atoms with Gasteiger partial charge in [-0.1, -0.05) is 36.4 Å². The molecule has 2 aromatic heterocycles. The smallest absolute Gasteiger partial charge is 0.259 e. The second kappa shape index (κ2) is 7.26. The maximum atomic E-state index is 13.8. The van der Waals surface area contributed by atoms with Gasteiger partial charge in [-0.3, -0.25) is 9.36 Å². The third-order valence-electron chi connectivity index (χ3n) is 5.70. The average Bonchev–Trinajstić information content (AvgIpc) is 3.17. The van der Waals surface area contributed by atoms with Crippen molar-refractivity contribution in [3.8, 4) is 16.9 Å². The van der Waals surface area contributed by atoms with Crippen LogP contribution in [0, 0.1) is 0 Å². The summed E-state index contributed by atoms with van der Waals surface area (Å²) in [5.74, 6) is 1.58. The molecule has 1 unspecified atom stereocenters. The van der Waals surface area contributed by atoms with E-state index < -0.39 is 0 Å². The lowest BCUT2D eigenvalue weighted by Gasteiger charge is -2.21. The Labute approximate surface area is 173 Å². The number of para-hydroxylation sites is 1. The van der Waals surface area contributed by atoms with E-state index in [9.17, 15) is 4.79 Å². The van der Waals surface area contributed by atoms with Gasteiger partial charge in [0.2, 0.25) is 0 Å². The Morgan fingerprint density at radius 1 is 1.00 bits per heavy atom. The third-order valence-corrected chi connectivity index (χ3v) is 5.70. The molecular formula is C25H22N2O3. The largest absolute Gasteiger partial charge is 0.497 e. The molecular weight excluding hydrogens is 376 g/mol. The number of allylic oxidation sites excluding steroid dienone is 3. The zero-order valence-corrected chi connectivity index (χ0v) is 16.9. The van der Waals surface area contributed by atoms with Crippen LogP contribution < -0.4 is 10.3 Å². The van der Waals surface area contributed by atoms with Gasteiger partial charge in [0.25, 0.3) is 5.56 Å². The number of nitrogens with one attached hydrogen (secondary N) is 1. The molecule has 4 aromatic rings. The van der Waals surface area contributed by atoms with E-state index in [1.165, 1.54) is 0 Å². The van der Waals surface area contributed by atoms with Crippen LogP contribution in [0.4, 0.5) is 0 Å². The van der Waals surface area contributed by atoms with Gasteiger partial charge >= 0.3 is 0 Å². The highest BCUT2D eigenvalue weighted by molar-refractivity contribution is 6.06. The molecule has 0 saturated heterocycles. The average molecular weight is 398 g/mol. The first kappa shape index (κ1) is 18.3. The first-order chi connectivity index (χ1) is 14.7. The molecule has 5 nitrogen and oxygen atoms in total. The monoisotopic (exact) mass is 398 g/mol. The van der Waals surface area contributed by atoms with E-state index in [4.69, 9.17) is 9.47 Å². The summed E-state index contributed by atoms with van der Waals surface area (Å²) >= 11 is 0. The van der Waals surface area contributed by atoms with Gasteiger partial charge in [-0.15, -0.1) is 0 Å². The molecule has 150 valence electrons. The Morgan fingerprint density at radius 2 is 1.80 bits per heavy atom. The van der Waals surface area contributed by atoms with Gasteiger partial charge in [0.15, 0.2) is 0 Å². The lowest BCUT2D eigenvalue weighted by atomic mass is 10.0. The summed E-state index contributed by atoms with van der Waals surface area (Å²) < 4.78 is 12.5. The second-order valence-electron chi connectivity index (χ2n) is 7.37. The van der Waals surface area contributed by atoms with E-state index in [1.807, 2.05) is 71.3 Å². The number of fused-ring (bicyclic) bond motifs is 3. The molecule has 5 heteroatoms. The Balaban J connectivity index is 1.78. The van der Waals surface area contributed by atoms with E-state index in [-0.39, 0.29) is 11.6 Å². The lowest BCUT2D eigenvalue weighted by Crippen LogP contribution is -2.26. The predicted octanol–water partition coefficient (Wildman–Crippen LogP) is 5.19. The quantitative estimate of drug-likeness (QED) is 0.515. The van der Waals surface area contributed by atoms with Crippen LogP contribution >= 0.6 is 0 Å². The van der Waals surface area contributed by atoms with Crippen molar-refractivity contribution in [3.63, 3.8) is 0 Å². The van der Waals surface area contributed by atoms with Crippen LogP contribution in [-0.2, 0) is 4.74 Å². The number of nitrogens with zero attached hydrogens (tertiary/aromatic N) is 1. The molecule has 30 heavy (non-hydrogen) atoms. The van der Waals surface area contributed by atoms with Crippen LogP contribution in [0.25, 0.3) is 33.1 Å². The molecule has 0 radical (unpaired) electrons. The molecule has 1 N–H and O–H groups in total. The fraction of sp³-hybridized carbons (Fsp3) is 0.160. The van der Waals surface area contributed by atoms with Crippen molar-refractivity contribution in [2.75, 3.05) is 14.2 Å². The molecule has 1 atom stereocenters. The molecule has 0 fully saturated rings. The number of hydrogen-bond donors (Lipinski definition) is 1. The predicted molar refractivity (Wildman–Crippen MR) is 120 cm³/mol. The maximum absolute atomic E-state index is 13.8. The van der Waals surface area contributed by atoms with Crippen LogP contribution in [0.5, 0.6) is 5.75 Å². The molecule has 0 spiro atoms. The number of rotatable bonds is 4. The first-order valence-corrected chi connectivity index (χ1v) is 9.92. The standard InChI is InChI=1S/C25H22N2O3/c1-29-18-11-7-16(8-12-18)21-15-23-24(20-5-3-4-6-22(20)26-23)27(25(21)28)17-9-13-19(30-2)14-10-17/h3-9,11-15,17,26H,10H2,1-2H3. The number of pyridine rings is 1. The van der Waals surface area contributed by atoms with E-state index in [0.717, 1.165) is 39.0 Å². The molecule has 1 aliphatic carbocycles. The number of methoxy groups -OCH3 is 2. The number of hydrogen-bond acceptors (Lipinski definition) is 3. The summed E-state index contributed by atoms with van der Waals surface area (Å²) in [5, 5.41) is 1.04. The molecule has 2 heterocycles. The van der Waals surface area contributed by atoms with Gasteiger partial charge in [0.1, 0.15) is 11.5 Å². The summed E-state index contributed by atoms with van der Waals surface area (Å²) in [4.78, 5) is 17.3. The topological polar surface area (TPSA) is 56.2 Å². The minimum absolute atomic E-state index is 0.0127. The van der Waals surface area contributed by atoms with Gasteiger partial charge in [-0.2, -0.15) is 0 Å². The van der Waals surface area contributed by atoms with Gasteiger partial charge in [0, 0.05) is 16.5 Å². The van der Waals surface area contributed by atoms with Gasteiger partial charge in [0.05, 0.1) is 31.3 Å². The summed E-state index contributed by atoms with van der Waals surface area (Å²) in [6, 6.07) is 17.6. The molecule has 0 saturated carbocycles. The van der Waals surface area contributed by atoms with Crippen LogP contribution in [0.1, 0.15) is 12.5 Å². The van der Waals surface area contributed by atoms with Crippen molar-refractivity contribution in [1.29, 1.82) is 0 Å². The number of ether oxygens (including phenoxy) is 2. The highest BCUT2D eigenvalue weighted by Crippen LogP contribution is 2.32. The van der Waals surface area contributed by atoms with Crippen LogP contribution in [-0.4, -0.2) is 23.8 Å². The Bertz CT molecular complexity index is 1360. The van der Waals surface area contributed by atoms with Crippen molar-refractivity contribution < 1.29 is 9.47 Å². The fourth-order valence-electron chi connectivity index (χ4n) is 4.18. The van der Waals surface area contributed by atoms with E-state index >= 15 is 0 Å². The second-order valence-corrected chi connectivity index (χ2v) is 7.37. The summed E-state index contributed by atoms with van der Waals surface area (Å²) in [5.41, 5.74) is 4.39. The SMILES string of the molecule is COC1=CCC(n2c(=O)c(-c3ccc(OC)cc3)cc3[nH]c4ccccc4c32)C=C1. The highest BCUT2D eigenvalue weighted by Gasteiger charge is 2.21. The summed E-state index contributed by atoms with van der Waals surface area (Å²) in [6.45, 7) is 0. The van der Waals surface area contributed by atoms with Crippen molar-refractivity contribution in [2.45, 2.75) is 12.5 Å². The van der Waals surface area contributed by atoms with Crippen LogP contribution in [0.3, 0.4) is 0 Å². The minimum Gasteiger partial charge on any atom is -0.497 e. The molecule has 5 rings (SSSR count). The van der Waals surface area contributed by atoms with Crippen molar-refractivity contribution >= 4 is 21.9 Å². The van der Waals surface area contributed by atoms with Gasteiger partial charge in [-0.25, -0.2) is 0 Å². The molecule has 2 aromatic carbocycles. The summed E-state index contributed by atoms with van der Waals surface area (Å²) in [7, 11) is 3.29. The summed E-state index contributed by atoms with van der Waals surface area (Å²) in [6.07, 6.45) is 6.69.